The average Bonchev–Trinajstić information content (AvgIpc) is 2.98. The summed E-state index contributed by atoms with van der Waals surface area (Å²) in [6.45, 7) is 0. The van der Waals surface area contributed by atoms with Crippen molar-refractivity contribution in [3.63, 3.8) is 0 Å². The first-order valence-corrected chi connectivity index (χ1v) is 9.47. The topological polar surface area (TPSA) is 83.8 Å². The van der Waals surface area contributed by atoms with Gasteiger partial charge in [0.15, 0.2) is 6.10 Å². The second-order valence-corrected chi connectivity index (χ2v) is 7.54. The van der Waals surface area contributed by atoms with Crippen molar-refractivity contribution in [1.82, 2.24) is 0 Å². The molecule has 2 aromatic rings. The molecule has 0 saturated heterocycles. The molecule has 2 unspecified atom stereocenters. The van der Waals surface area contributed by atoms with Gasteiger partial charge in [-0.1, -0.05) is 30.3 Å². The zero-order valence-electron chi connectivity index (χ0n) is 11.8. The maximum atomic E-state index is 12.1. The first-order valence-electron chi connectivity index (χ1n) is 6.77. The predicted molar refractivity (Wildman–Crippen MR) is 85.2 cm³/mol. The molecule has 2 atom stereocenters. The molecule has 22 heavy (non-hydrogen) atoms. The Morgan fingerprint density at radius 2 is 2.00 bits per heavy atom. The van der Waals surface area contributed by atoms with E-state index in [0.29, 0.717) is 18.4 Å². The van der Waals surface area contributed by atoms with Crippen LogP contribution in [-0.2, 0) is 20.3 Å². The summed E-state index contributed by atoms with van der Waals surface area (Å²) >= 11 is 1.57. The Morgan fingerprint density at radius 1 is 1.27 bits per heavy atom. The van der Waals surface area contributed by atoms with Gasteiger partial charge in [0.05, 0.1) is 6.16 Å². The third-order valence-corrected chi connectivity index (χ3v) is 5.24. The lowest BCUT2D eigenvalue weighted by Gasteiger charge is -2.18. The summed E-state index contributed by atoms with van der Waals surface area (Å²) in [5.41, 5.74) is 1.45. The molecule has 2 N–H and O–H groups in total. The van der Waals surface area contributed by atoms with Crippen molar-refractivity contribution >= 4 is 24.9 Å². The maximum Gasteiger partial charge on any atom is 0.338 e. The summed E-state index contributed by atoms with van der Waals surface area (Å²) in [5, 5.41) is 13.1. The van der Waals surface area contributed by atoms with Crippen LogP contribution in [0.3, 0.4) is 0 Å². The zero-order valence-corrected chi connectivity index (χ0v) is 13.5. The van der Waals surface area contributed by atoms with E-state index in [1.807, 2.05) is 16.8 Å². The Morgan fingerprint density at radius 3 is 2.59 bits per heavy atom. The number of hydrogen-bond acceptors (Lipinski definition) is 4. The van der Waals surface area contributed by atoms with Crippen LogP contribution in [0.4, 0.5) is 0 Å². The van der Waals surface area contributed by atoms with Gasteiger partial charge in [-0.15, -0.1) is 0 Å². The van der Waals surface area contributed by atoms with E-state index in [1.165, 1.54) is 0 Å². The molecule has 0 aliphatic rings. The largest absolute Gasteiger partial charge is 0.479 e. The van der Waals surface area contributed by atoms with Crippen molar-refractivity contribution in [1.29, 1.82) is 0 Å². The number of thiophene rings is 1. The standard InChI is InChI=1S/C15H17O5PS/c16-15(17)14(13-6-2-1-3-7-13)20-21(18,19)9-4-5-12-8-10-22-11-12/h1-3,6-8,10-11,14H,4-5,9H2,(H,16,17)(H,18,19). The number of aliphatic carboxylic acids is 1. The highest BCUT2D eigenvalue weighted by Gasteiger charge is 2.30. The highest BCUT2D eigenvalue weighted by atomic mass is 32.1. The Bertz CT molecular complexity index is 641. The normalized spacial score (nSPS) is 15.1. The van der Waals surface area contributed by atoms with Crippen LogP contribution >= 0.6 is 18.9 Å². The first kappa shape index (κ1) is 16.9. The highest BCUT2D eigenvalue weighted by molar-refractivity contribution is 7.52. The Kier molecular flexibility index (Phi) is 5.91. The minimum absolute atomic E-state index is 0.0700. The van der Waals surface area contributed by atoms with Crippen LogP contribution in [0.5, 0.6) is 0 Å². The van der Waals surface area contributed by atoms with Gasteiger partial charge in [0, 0.05) is 0 Å². The molecule has 0 amide bonds. The molecular formula is C15H17O5PS. The third-order valence-electron chi connectivity index (χ3n) is 3.08. The number of benzene rings is 1. The van der Waals surface area contributed by atoms with E-state index in [-0.39, 0.29) is 6.16 Å². The molecule has 0 spiro atoms. The van der Waals surface area contributed by atoms with E-state index >= 15 is 0 Å². The van der Waals surface area contributed by atoms with Crippen molar-refractivity contribution in [2.75, 3.05) is 6.16 Å². The fraction of sp³-hybridized carbons (Fsp3) is 0.267. The van der Waals surface area contributed by atoms with Crippen molar-refractivity contribution in [3.8, 4) is 0 Å². The zero-order chi connectivity index (χ0) is 16.0. The van der Waals surface area contributed by atoms with Gasteiger partial charge in [0.1, 0.15) is 0 Å². The average molecular weight is 340 g/mol. The van der Waals surface area contributed by atoms with E-state index in [4.69, 9.17) is 4.52 Å². The van der Waals surface area contributed by atoms with Gasteiger partial charge in [-0.2, -0.15) is 11.3 Å². The van der Waals surface area contributed by atoms with Crippen molar-refractivity contribution in [2.24, 2.45) is 0 Å². The summed E-state index contributed by atoms with van der Waals surface area (Å²) in [6, 6.07) is 10.1. The van der Waals surface area contributed by atoms with E-state index in [2.05, 4.69) is 0 Å². The summed E-state index contributed by atoms with van der Waals surface area (Å²) < 4.78 is 17.1. The van der Waals surface area contributed by atoms with Gasteiger partial charge in [0.2, 0.25) is 0 Å². The maximum absolute atomic E-state index is 12.1. The van der Waals surface area contributed by atoms with Crippen LogP contribution in [-0.4, -0.2) is 22.1 Å². The summed E-state index contributed by atoms with van der Waals surface area (Å²) in [6.07, 6.45) is -0.371. The Balaban J connectivity index is 1.96. The van der Waals surface area contributed by atoms with E-state index in [0.717, 1.165) is 5.56 Å². The molecule has 0 bridgehead atoms. The van der Waals surface area contributed by atoms with Gasteiger partial charge in [-0.25, -0.2) is 4.79 Å². The van der Waals surface area contributed by atoms with Gasteiger partial charge < -0.3 is 10.00 Å². The minimum atomic E-state index is -3.96. The molecule has 0 saturated carbocycles. The van der Waals surface area contributed by atoms with E-state index < -0.39 is 19.7 Å². The lowest BCUT2D eigenvalue weighted by atomic mass is 10.1. The molecule has 7 heteroatoms. The molecular weight excluding hydrogens is 323 g/mol. The summed E-state index contributed by atoms with van der Waals surface area (Å²) in [4.78, 5) is 21.2. The second kappa shape index (κ2) is 7.70. The number of carbonyl (C=O) groups is 1. The lowest BCUT2D eigenvalue weighted by molar-refractivity contribution is -0.145. The number of carboxylic acids is 1. The van der Waals surface area contributed by atoms with Crippen molar-refractivity contribution in [2.45, 2.75) is 18.9 Å². The van der Waals surface area contributed by atoms with E-state index in [9.17, 15) is 19.4 Å². The molecule has 1 aromatic heterocycles. The molecule has 0 fully saturated rings. The quantitative estimate of drug-likeness (QED) is 0.716. The SMILES string of the molecule is O=C(O)C(OP(=O)(O)CCCc1ccsc1)c1ccccc1. The second-order valence-electron chi connectivity index (χ2n) is 4.83. The van der Waals surface area contributed by atoms with Crippen LogP contribution < -0.4 is 0 Å². The molecule has 5 nitrogen and oxygen atoms in total. The van der Waals surface area contributed by atoms with Crippen LogP contribution in [0.2, 0.25) is 0 Å². The molecule has 0 aliphatic carbocycles. The lowest BCUT2D eigenvalue weighted by Crippen LogP contribution is -2.15. The van der Waals surface area contributed by atoms with E-state index in [1.54, 1.807) is 41.7 Å². The molecule has 118 valence electrons. The van der Waals surface area contributed by atoms with Gasteiger partial charge in [0.25, 0.3) is 0 Å². The van der Waals surface area contributed by atoms with Gasteiger partial charge in [-0.3, -0.25) is 9.09 Å². The molecule has 0 radical (unpaired) electrons. The van der Waals surface area contributed by atoms with Gasteiger partial charge >= 0.3 is 13.6 Å². The van der Waals surface area contributed by atoms with Crippen LogP contribution in [0, 0.1) is 0 Å². The van der Waals surface area contributed by atoms with Crippen LogP contribution in [0.25, 0.3) is 0 Å². The van der Waals surface area contributed by atoms with Gasteiger partial charge in [-0.05, 0) is 40.8 Å². The van der Waals surface area contributed by atoms with Crippen LogP contribution in [0.1, 0.15) is 23.7 Å². The number of hydrogen-bond donors (Lipinski definition) is 2. The number of carboxylic acid groups (broad SMARTS) is 1. The third kappa shape index (κ3) is 5.07. The molecule has 1 aromatic carbocycles. The fourth-order valence-electron chi connectivity index (χ4n) is 2.01. The predicted octanol–water partition coefficient (Wildman–Crippen LogP) is 3.71. The Hall–Kier alpha value is -1.46. The molecule has 2 rings (SSSR count). The highest BCUT2D eigenvalue weighted by Crippen LogP contribution is 2.47. The number of rotatable bonds is 8. The van der Waals surface area contributed by atoms with Crippen molar-refractivity contribution in [3.05, 3.63) is 58.3 Å². The monoisotopic (exact) mass is 340 g/mol. The van der Waals surface area contributed by atoms with Crippen molar-refractivity contribution < 1.29 is 23.9 Å². The van der Waals surface area contributed by atoms with Crippen LogP contribution in [0.15, 0.2) is 47.2 Å². The smallest absolute Gasteiger partial charge is 0.338 e. The molecule has 1 heterocycles. The summed E-state index contributed by atoms with van der Waals surface area (Å²) in [5.74, 6) is -1.28. The Labute approximate surface area is 132 Å². The summed E-state index contributed by atoms with van der Waals surface area (Å²) in [7, 11) is -3.96. The fourth-order valence-corrected chi connectivity index (χ4v) is 3.92. The number of aryl methyl sites for hydroxylation is 1. The molecule has 0 aliphatic heterocycles. The first-order chi connectivity index (χ1) is 10.5. The minimum Gasteiger partial charge on any atom is -0.479 e.